The molecular formula is C17H25NO3. The second kappa shape index (κ2) is 7.46. The first-order chi connectivity index (χ1) is 10.1. The van der Waals surface area contributed by atoms with Crippen LogP contribution in [0.3, 0.4) is 0 Å². The molecule has 1 aromatic rings. The Labute approximate surface area is 127 Å². The lowest BCUT2D eigenvalue weighted by atomic mass is 9.85. The molecule has 0 spiro atoms. The minimum Gasteiger partial charge on any atom is -0.493 e. The van der Waals surface area contributed by atoms with Gasteiger partial charge in [-0.15, -0.1) is 0 Å². The van der Waals surface area contributed by atoms with Crippen LogP contribution in [0.5, 0.6) is 5.75 Å². The predicted molar refractivity (Wildman–Crippen MR) is 82.4 cm³/mol. The maximum absolute atomic E-state index is 12.1. The number of hydrogen-bond acceptors (Lipinski definition) is 4. The highest BCUT2D eigenvalue weighted by Crippen LogP contribution is 2.26. The summed E-state index contributed by atoms with van der Waals surface area (Å²) in [5.41, 5.74) is 1.20. The molecule has 1 fully saturated rings. The summed E-state index contributed by atoms with van der Waals surface area (Å²) in [7, 11) is 3.57. The van der Waals surface area contributed by atoms with Crippen LogP contribution in [-0.2, 0) is 9.53 Å². The lowest BCUT2D eigenvalue weighted by Gasteiger charge is -2.32. The van der Waals surface area contributed by atoms with Gasteiger partial charge in [-0.2, -0.15) is 0 Å². The Morgan fingerprint density at radius 2 is 1.90 bits per heavy atom. The normalized spacial score (nSPS) is 18.2. The van der Waals surface area contributed by atoms with Gasteiger partial charge < -0.3 is 14.4 Å². The van der Waals surface area contributed by atoms with Gasteiger partial charge in [-0.05, 0) is 58.0 Å². The monoisotopic (exact) mass is 291 g/mol. The molecule has 1 saturated heterocycles. The van der Waals surface area contributed by atoms with E-state index in [1.165, 1.54) is 12.7 Å². The van der Waals surface area contributed by atoms with E-state index in [4.69, 9.17) is 9.47 Å². The van der Waals surface area contributed by atoms with Crippen molar-refractivity contribution in [3.8, 4) is 5.75 Å². The van der Waals surface area contributed by atoms with Gasteiger partial charge in [-0.3, -0.25) is 4.79 Å². The summed E-state index contributed by atoms with van der Waals surface area (Å²) in [6.45, 7) is 4.50. The third-order valence-corrected chi connectivity index (χ3v) is 4.29. The second-order valence-corrected chi connectivity index (χ2v) is 5.89. The van der Waals surface area contributed by atoms with Gasteiger partial charge in [-0.1, -0.05) is 17.7 Å². The predicted octanol–water partition coefficient (Wildman–Crippen LogP) is 2.50. The number of benzene rings is 1. The van der Waals surface area contributed by atoms with Gasteiger partial charge in [0.2, 0.25) is 0 Å². The molecule has 0 N–H and O–H groups in total. The number of piperidine rings is 1. The molecule has 0 bridgehead atoms. The first-order valence-electron chi connectivity index (χ1n) is 7.56. The minimum absolute atomic E-state index is 0.156. The fourth-order valence-electron chi connectivity index (χ4n) is 2.80. The molecule has 1 heterocycles. The largest absolute Gasteiger partial charge is 0.493 e. The molecule has 1 atom stereocenters. The summed E-state index contributed by atoms with van der Waals surface area (Å²) >= 11 is 0. The SMILES string of the molecule is COC(=O)C(COc1ccc(C)cc1)C1CCN(C)CC1. The summed E-state index contributed by atoms with van der Waals surface area (Å²) in [6.07, 6.45) is 2.04. The van der Waals surface area contributed by atoms with E-state index in [2.05, 4.69) is 11.9 Å². The van der Waals surface area contributed by atoms with E-state index in [1.54, 1.807) is 0 Å². The molecule has 1 unspecified atom stereocenters. The molecule has 4 heteroatoms. The van der Waals surface area contributed by atoms with E-state index in [0.29, 0.717) is 12.5 Å². The molecule has 21 heavy (non-hydrogen) atoms. The molecule has 1 aliphatic heterocycles. The number of hydrogen-bond donors (Lipinski definition) is 0. The van der Waals surface area contributed by atoms with Gasteiger partial charge in [0.05, 0.1) is 13.0 Å². The highest BCUT2D eigenvalue weighted by molar-refractivity contribution is 5.72. The average molecular weight is 291 g/mol. The van der Waals surface area contributed by atoms with Crippen molar-refractivity contribution in [3.63, 3.8) is 0 Å². The zero-order valence-electron chi connectivity index (χ0n) is 13.2. The molecule has 4 nitrogen and oxygen atoms in total. The Morgan fingerprint density at radius 1 is 1.29 bits per heavy atom. The maximum Gasteiger partial charge on any atom is 0.312 e. The molecule has 0 radical (unpaired) electrons. The maximum atomic E-state index is 12.1. The molecule has 2 rings (SSSR count). The van der Waals surface area contributed by atoms with Crippen molar-refractivity contribution in [1.82, 2.24) is 4.90 Å². The average Bonchev–Trinajstić information content (AvgIpc) is 2.50. The third kappa shape index (κ3) is 4.46. The van der Waals surface area contributed by atoms with Crippen molar-refractivity contribution >= 4 is 5.97 Å². The molecule has 0 saturated carbocycles. The van der Waals surface area contributed by atoms with Gasteiger partial charge in [0.15, 0.2) is 0 Å². The number of methoxy groups -OCH3 is 1. The van der Waals surface area contributed by atoms with Crippen molar-refractivity contribution in [3.05, 3.63) is 29.8 Å². The Hall–Kier alpha value is -1.55. The van der Waals surface area contributed by atoms with Crippen molar-refractivity contribution in [2.24, 2.45) is 11.8 Å². The number of esters is 1. The van der Waals surface area contributed by atoms with E-state index in [1.807, 2.05) is 31.2 Å². The summed E-state index contributed by atoms with van der Waals surface area (Å²) in [4.78, 5) is 14.3. The van der Waals surface area contributed by atoms with Crippen LogP contribution in [0.4, 0.5) is 0 Å². The summed E-state index contributed by atoms with van der Waals surface area (Å²) in [6, 6.07) is 7.91. The topological polar surface area (TPSA) is 38.8 Å². The molecule has 0 aliphatic carbocycles. The van der Waals surface area contributed by atoms with Crippen LogP contribution < -0.4 is 4.74 Å². The van der Waals surface area contributed by atoms with Crippen LogP contribution in [0.15, 0.2) is 24.3 Å². The summed E-state index contributed by atoms with van der Waals surface area (Å²) in [5.74, 6) is 0.822. The van der Waals surface area contributed by atoms with Gasteiger partial charge in [0, 0.05) is 0 Å². The number of aryl methyl sites for hydroxylation is 1. The fraction of sp³-hybridized carbons (Fsp3) is 0.588. The van der Waals surface area contributed by atoms with Crippen molar-refractivity contribution in [1.29, 1.82) is 0 Å². The van der Waals surface area contributed by atoms with E-state index in [9.17, 15) is 4.79 Å². The first-order valence-corrected chi connectivity index (χ1v) is 7.56. The smallest absolute Gasteiger partial charge is 0.312 e. The summed E-state index contributed by atoms with van der Waals surface area (Å²) in [5, 5.41) is 0. The van der Waals surface area contributed by atoms with Gasteiger partial charge in [0.25, 0.3) is 0 Å². The van der Waals surface area contributed by atoms with Crippen molar-refractivity contribution in [2.45, 2.75) is 19.8 Å². The Balaban J connectivity index is 1.96. The second-order valence-electron chi connectivity index (χ2n) is 5.89. The number of carbonyl (C=O) groups is 1. The minimum atomic E-state index is -0.176. The number of rotatable bonds is 5. The fourth-order valence-corrected chi connectivity index (χ4v) is 2.80. The first kappa shape index (κ1) is 15.8. The number of nitrogens with zero attached hydrogens (tertiary/aromatic N) is 1. The molecule has 1 aromatic carbocycles. The number of carbonyl (C=O) groups excluding carboxylic acids is 1. The van der Waals surface area contributed by atoms with Crippen LogP contribution in [0, 0.1) is 18.8 Å². The quantitative estimate of drug-likeness (QED) is 0.781. The van der Waals surface area contributed by atoms with Gasteiger partial charge in [-0.25, -0.2) is 0 Å². The van der Waals surface area contributed by atoms with Crippen LogP contribution in [-0.4, -0.2) is 44.7 Å². The Morgan fingerprint density at radius 3 is 2.48 bits per heavy atom. The molecule has 116 valence electrons. The van der Waals surface area contributed by atoms with Crippen LogP contribution in [0.2, 0.25) is 0 Å². The molecule has 0 aromatic heterocycles. The highest BCUT2D eigenvalue weighted by Gasteiger charge is 2.32. The lowest BCUT2D eigenvalue weighted by molar-refractivity contribution is -0.149. The Bertz CT molecular complexity index is 450. The Kier molecular flexibility index (Phi) is 5.62. The standard InChI is InChI=1S/C17H25NO3/c1-13-4-6-15(7-5-13)21-12-16(17(19)20-3)14-8-10-18(2)11-9-14/h4-7,14,16H,8-12H2,1-3H3. The van der Waals surface area contributed by atoms with E-state index >= 15 is 0 Å². The third-order valence-electron chi connectivity index (χ3n) is 4.29. The summed E-state index contributed by atoms with van der Waals surface area (Å²) < 4.78 is 10.8. The van der Waals surface area contributed by atoms with Gasteiger partial charge in [0.1, 0.15) is 12.4 Å². The lowest BCUT2D eigenvalue weighted by Crippen LogP contribution is -2.38. The number of ether oxygens (including phenoxy) is 2. The molecular weight excluding hydrogens is 266 g/mol. The zero-order chi connectivity index (χ0) is 15.2. The molecule has 0 amide bonds. The van der Waals surface area contributed by atoms with Crippen LogP contribution in [0.25, 0.3) is 0 Å². The number of likely N-dealkylation sites (tertiary alicyclic amines) is 1. The van der Waals surface area contributed by atoms with Gasteiger partial charge >= 0.3 is 5.97 Å². The van der Waals surface area contributed by atoms with E-state index in [0.717, 1.165) is 31.7 Å². The van der Waals surface area contributed by atoms with Crippen LogP contribution >= 0.6 is 0 Å². The zero-order valence-corrected chi connectivity index (χ0v) is 13.2. The van der Waals surface area contributed by atoms with Crippen molar-refractivity contribution in [2.75, 3.05) is 33.9 Å². The van der Waals surface area contributed by atoms with Crippen LogP contribution in [0.1, 0.15) is 18.4 Å². The highest BCUT2D eigenvalue weighted by atomic mass is 16.5. The van der Waals surface area contributed by atoms with E-state index < -0.39 is 0 Å². The van der Waals surface area contributed by atoms with E-state index in [-0.39, 0.29) is 11.9 Å². The molecule has 1 aliphatic rings. The van der Waals surface area contributed by atoms with Crippen molar-refractivity contribution < 1.29 is 14.3 Å².